The molecule has 0 aromatic carbocycles. The van der Waals surface area contributed by atoms with Crippen LogP contribution in [0.25, 0.3) is 11.2 Å². The molecule has 2 saturated heterocycles. The van der Waals surface area contributed by atoms with Gasteiger partial charge in [-0.3, -0.25) is 14.3 Å². The predicted molar refractivity (Wildman–Crippen MR) is 118 cm³/mol. The predicted octanol–water partition coefficient (Wildman–Crippen LogP) is 1.49. The lowest BCUT2D eigenvalue weighted by atomic mass is 9.78. The Morgan fingerprint density at radius 1 is 1.27 bits per heavy atom. The van der Waals surface area contributed by atoms with Crippen LogP contribution >= 0.6 is 0 Å². The monoisotopic (exact) mass is 460 g/mol. The number of nitrogens with two attached hydrogens (primary N) is 1. The highest BCUT2D eigenvalue weighted by Crippen LogP contribution is 2.45. The van der Waals surface area contributed by atoms with Crippen molar-refractivity contribution >= 4 is 23.0 Å². The van der Waals surface area contributed by atoms with Crippen LogP contribution in [-0.4, -0.2) is 80.2 Å². The minimum Gasteiger partial charge on any atom is -0.469 e. The Labute approximate surface area is 192 Å². The number of nitrogens with zero attached hydrogens (tertiary/aromatic N) is 5. The number of nitrogen functional groups attached to an aromatic ring is 1. The van der Waals surface area contributed by atoms with Gasteiger partial charge < -0.3 is 24.7 Å². The van der Waals surface area contributed by atoms with Crippen LogP contribution in [0.5, 0.6) is 0 Å². The molecule has 4 atom stereocenters. The largest absolute Gasteiger partial charge is 0.469 e. The highest BCUT2D eigenvalue weighted by atomic mass is 16.8. The summed E-state index contributed by atoms with van der Waals surface area (Å²) in [6.45, 7) is 8.82. The van der Waals surface area contributed by atoms with E-state index in [1.807, 2.05) is 18.4 Å². The van der Waals surface area contributed by atoms with Crippen molar-refractivity contribution in [3.8, 4) is 0 Å². The summed E-state index contributed by atoms with van der Waals surface area (Å²) in [6, 6.07) is 0.582. The van der Waals surface area contributed by atoms with Crippen LogP contribution in [0, 0.1) is 5.92 Å². The number of hydrogen-bond donors (Lipinski definition) is 1. The molecule has 0 bridgehead atoms. The molecule has 3 aliphatic rings. The van der Waals surface area contributed by atoms with Gasteiger partial charge in [-0.2, -0.15) is 0 Å². The molecule has 4 heterocycles. The summed E-state index contributed by atoms with van der Waals surface area (Å²) < 4.78 is 25.9. The zero-order valence-corrected chi connectivity index (χ0v) is 19.7. The molecule has 0 spiro atoms. The number of hydrogen-bond acceptors (Lipinski definition) is 10. The van der Waals surface area contributed by atoms with E-state index < -0.39 is 12.0 Å². The number of carbonyl (C=O) groups is 1. The fourth-order valence-corrected chi connectivity index (χ4v) is 5.29. The Balaban J connectivity index is 1.39. The molecule has 1 saturated carbocycles. The second-order valence-electron chi connectivity index (χ2n) is 9.85. The van der Waals surface area contributed by atoms with Gasteiger partial charge in [0.2, 0.25) is 0 Å². The van der Waals surface area contributed by atoms with Gasteiger partial charge in [-0.15, -0.1) is 0 Å². The summed E-state index contributed by atoms with van der Waals surface area (Å²) in [4.78, 5) is 27.1. The number of anilines is 1. The Bertz CT molecular complexity index is 1040. The van der Waals surface area contributed by atoms with Crippen LogP contribution in [0.1, 0.15) is 46.8 Å². The number of fused-ring (bicyclic) bond motifs is 2. The van der Waals surface area contributed by atoms with E-state index in [2.05, 4.69) is 33.7 Å². The van der Waals surface area contributed by atoms with Crippen LogP contribution in [0.15, 0.2) is 12.7 Å². The number of carbonyl (C=O) groups excluding carboxylic acids is 1. The van der Waals surface area contributed by atoms with Crippen molar-refractivity contribution in [2.45, 2.75) is 82.9 Å². The van der Waals surface area contributed by atoms with Crippen LogP contribution in [0.4, 0.5) is 5.82 Å². The van der Waals surface area contributed by atoms with Gasteiger partial charge in [-0.1, -0.05) is 0 Å². The van der Waals surface area contributed by atoms with Gasteiger partial charge in [0.15, 0.2) is 23.5 Å². The minimum absolute atomic E-state index is 0.0290. The van der Waals surface area contributed by atoms with E-state index in [1.54, 1.807) is 6.33 Å². The molecule has 180 valence electrons. The lowest BCUT2D eigenvalue weighted by Crippen LogP contribution is -2.53. The number of rotatable bonds is 6. The highest BCUT2D eigenvalue weighted by Gasteiger charge is 2.57. The molecular weight excluding hydrogens is 428 g/mol. The van der Waals surface area contributed by atoms with Crippen molar-refractivity contribution in [2.24, 2.45) is 5.92 Å². The third-order valence-electron chi connectivity index (χ3n) is 6.96. The molecule has 33 heavy (non-hydrogen) atoms. The van der Waals surface area contributed by atoms with Gasteiger partial charge in [0.05, 0.1) is 19.4 Å². The van der Waals surface area contributed by atoms with Crippen LogP contribution in [0.3, 0.4) is 0 Å². The maximum absolute atomic E-state index is 11.9. The molecule has 11 heteroatoms. The smallest absolute Gasteiger partial charge is 0.308 e. The lowest BCUT2D eigenvalue weighted by Gasteiger charge is -2.45. The van der Waals surface area contributed by atoms with Gasteiger partial charge in [-0.05, 0) is 40.5 Å². The molecule has 1 aliphatic carbocycles. The second-order valence-corrected chi connectivity index (χ2v) is 9.85. The zero-order chi connectivity index (χ0) is 23.5. The van der Waals surface area contributed by atoms with Gasteiger partial charge in [0.1, 0.15) is 30.2 Å². The second kappa shape index (κ2) is 8.15. The molecule has 2 aromatic rings. The van der Waals surface area contributed by atoms with Gasteiger partial charge >= 0.3 is 5.97 Å². The third-order valence-corrected chi connectivity index (χ3v) is 6.96. The first-order valence-electron chi connectivity index (χ1n) is 11.5. The van der Waals surface area contributed by atoms with E-state index in [9.17, 15) is 4.79 Å². The summed E-state index contributed by atoms with van der Waals surface area (Å²) >= 11 is 0. The van der Waals surface area contributed by atoms with E-state index >= 15 is 0 Å². The maximum atomic E-state index is 11.9. The van der Waals surface area contributed by atoms with E-state index in [-0.39, 0.29) is 36.2 Å². The molecule has 0 unspecified atom stereocenters. The molecule has 2 aromatic heterocycles. The van der Waals surface area contributed by atoms with Crippen molar-refractivity contribution in [2.75, 3.05) is 19.4 Å². The maximum Gasteiger partial charge on any atom is 0.308 e. The fourth-order valence-electron chi connectivity index (χ4n) is 5.29. The van der Waals surface area contributed by atoms with Crippen molar-refractivity contribution in [1.82, 2.24) is 24.4 Å². The summed E-state index contributed by atoms with van der Waals surface area (Å²) in [5.41, 5.74) is 7.11. The number of ether oxygens (including phenoxy) is 4. The first-order valence-corrected chi connectivity index (χ1v) is 11.5. The standard InChI is InChI=1S/C22H32N6O5/c1-11(2)27(13-6-12(7-13)21(29)30-5)8-14-16-17(33-22(3,4)32-16)20(31-14)28-10-26-15-18(23)24-9-25-19(15)28/h9-14,16-17,20H,6-8H2,1-5H3,(H2,23,24,25)/t12-,13-,14-,16-,17-,20-/m1/s1. The Kier molecular flexibility index (Phi) is 5.55. The minimum atomic E-state index is -0.727. The van der Waals surface area contributed by atoms with Crippen LogP contribution in [-0.2, 0) is 23.7 Å². The van der Waals surface area contributed by atoms with Crippen molar-refractivity contribution in [3.63, 3.8) is 0 Å². The Morgan fingerprint density at radius 2 is 2.00 bits per heavy atom. The van der Waals surface area contributed by atoms with E-state index in [0.717, 1.165) is 12.8 Å². The number of esters is 1. The SMILES string of the molecule is COC(=O)[C@H]1C[C@H](N(C[C@H]2O[C@@H](n3cnc4c(N)ncnc43)[C@@H]3OC(C)(C)O[C@@H]32)C(C)C)C1. The van der Waals surface area contributed by atoms with Gasteiger partial charge in [-0.25, -0.2) is 15.0 Å². The quantitative estimate of drug-likeness (QED) is 0.633. The van der Waals surface area contributed by atoms with Crippen LogP contribution < -0.4 is 5.73 Å². The van der Waals surface area contributed by atoms with Crippen molar-refractivity contribution < 1.29 is 23.7 Å². The fraction of sp³-hybridized carbons (Fsp3) is 0.727. The average Bonchev–Trinajstić information content (AvgIpc) is 3.37. The normalized spacial score (nSPS) is 32.9. The number of imidazole rings is 1. The third kappa shape index (κ3) is 3.86. The Hall–Kier alpha value is -2.34. The molecule has 3 fully saturated rings. The first kappa shape index (κ1) is 22.5. The van der Waals surface area contributed by atoms with Crippen LogP contribution in [0.2, 0.25) is 0 Å². The molecule has 11 nitrogen and oxygen atoms in total. The van der Waals surface area contributed by atoms with E-state index in [0.29, 0.717) is 29.6 Å². The molecule has 2 aliphatic heterocycles. The summed E-state index contributed by atoms with van der Waals surface area (Å²) in [6.07, 6.45) is 3.42. The summed E-state index contributed by atoms with van der Waals surface area (Å²) in [7, 11) is 1.44. The molecule has 2 N–H and O–H groups in total. The van der Waals surface area contributed by atoms with Crippen molar-refractivity contribution in [1.29, 1.82) is 0 Å². The van der Waals surface area contributed by atoms with Gasteiger partial charge in [0.25, 0.3) is 0 Å². The summed E-state index contributed by atoms with van der Waals surface area (Å²) in [5.74, 6) is -0.562. The molecule has 5 rings (SSSR count). The number of methoxy groups -OCH3 is 1. The lowest BCUT2D eigenvalue weighted by molar-refractivity contribution is -0.199. The summed E-state index contributed by atoms with van der Waals surface area (Å²) in [5, 5.41) is 0. The number of aromatic nitrogens is 4. The average molecular weight is 461 g/mol. The topological polar surface area (TPSA) is 127 Å². The van der Waals surface area contributed by atoms with E-state index in [1.165, 1.54) is 13.4 Å². The molecule has 0 amide bonds. The first-order chi connectivity index (χ1) is 15.7. The highest BCUT2D eigenvalue weighted by molar-refractivity contribution is 5.81. The molecular formula is C22H32N6O5. The van der Waals surface area contributed by atoms with Crippen molar-refractivity contribution in [3.05, 3.63) is 12.7 Å². The Morgan fingerprint density at radius 3 is 2.70 bits per heavy atom. The van der Waals surface area contributed by atoms with Gasteiger partial charge in [0, 0.05) is 18.6 Å². The zero-order valence-electron chi connectivity index (χ0n) is 19.7. The van der Waals surface area contributed by atoms with E-state index in [4.69, 9.17) is 24.7 Å². The molecule has 0 radical (unpaired) electrons.